The van der Waals surface area contributed by atoms with Crippen molar-refractivity contribution in [3.8, 4) is 0 Å². The largest absolute Gasteiger partial charge is 0.363 e. The number of H-pyrrole nitrogens is 1. The summed E-state index contributed by atoms with van der Waals surface area (Å²) in [6, 6.07) is 2.00. The van der Waals surface area contributed by atoms with Gasteiger partial charge in [0.25, 0.3) is 0 Å². The summed E-state index contributed by atoms with van der Waals surface area (Å²) >= 11 is 0. The molecule has 20 heavy (non-hydrogen) atoms. The van der Waals surface area contributed by atoms with Crippen LogP contribution in [0.1, 0.15) is 25.5 Å². The van der Waals surface area contributed by atoms with Gasteiger partial charge in [-0.25, -0.2) is 13.1 Å². The van der Waals surface area contributed by atoms with Crippen LogP contribution in [0.2, 0.25) is 0 Å². The zero-order valence-corrected chi connectivity index (χ0v) is 13.0. The summed E-state index contributed by atoms with van der Waals surface area (Å²) in [5.74, 6) is 0. The highest BCUT2D eigenvalue weighted by Gasteiger charge is 2.25. The average molecular weight is 300 g/mol. The maximum absolute atomic E-state index is 12.2. The minimum Gasteiger partial charge on any atom is -0.363 e. The minimum atomic E-state index is -3.41. The van der Waals surface area contributed by atoms with Crippen LogP contribution < -0.4 is 10.0 Å². The fraction of sp³-hybridized carbons (Fsp3) is 0.692. The summed E-state index contributed by atoms with van der Waals surface area (Å²) in [6.45, 7) is 5.27. The van der Waals surface area contributed by atoms with Crippen LogP contribution >= 0.6 is 0 Å². The molecule has 1 aliphatic rings. The van der Waals surface area contributed by atoms with Gasteiger partial charge in [0.15, 0.2) is 0 Å². The number of likely N-dealkylation sites (tertiary alicyclic amines) is 1. The predicted molar refractivity (Wildman–Crippen MR) is 79.0 cm³/mol. The molecule has 7 heteroatoms. The van der Waals surface area contributed by atoms with Crippen LogP contribution in [0.5, 0.6) is 0 Å². The highest BCUT2D eigenvalue weighted by molar-refractivity contribution is 7.89. The van der Waals surface area contributed by atoms with Gasteiger partial charge in [0.05, 0.1) is 4.90 Å². The first-order valence-corrected chi connectivity index (χ1v) is 8.60. The molecule has 1 fully saturated rings. The second-order valence-electron chi connectivity index (χ2n) is 5.17. The third-order valence-corrected chi connectivity index (χ3v) is 5.21. The van der Waals surface area contributed by atoms with E-state index in [0.717, 1.165) is 31.6 Å². The smallest absolute Gasteiger partial charge is 0.242 e. The van der Waals surface area contributed by atoms with Crippen LogP contribution in [0.25, 0.3) is 0 Å². The Balaban J connectivity index is 1.96. The fourth-order valence-corrected chi connectivity index (χ4v) is 3.79. The molecule has 1 unspecified atom stereocenters. The third-order valence-electron chi connectivity index (χ3n) is 3.81. The molecular formula is C13H24N4O2S. The maximum atomic E-state index is 12.2. The van der Waals surface area contributed by atoms with Crippen LogP contribution in [0, 0.1) is 0 Å². The molecule has 0 aliphatic carbocycles. The third kappa shape index (κ3) is 3.60. The molecule has 0 aromatic carbocycles. The number of sulfonamides is 1. The van der Waals surface area contributed by atoms with Gasteiger partial charge in [0.2, 0.25) is 10.0 Å². The van der Waals surface area contributed by atoms with Crippen LogP contribution in [-0.4, -0.2) is 51.0 Å². The Morgan fingerprint density at radius 3 is 3.00 bits per heavy atom. The van der Waals surface area contributed by atoms with Crippen molar-refractivity contribution in [2.75, 3.05) is 26.7 Å². The number of hydrogen-bond acceptors (Lipinski definition) is 4. The number of likely N-dealkylation sites (N-methyl/N-ethyl adjacent to an activating group) is 1. The quantitative estimate of drug-likeness (QED) is 0.685. The highest BCUT2D eigenvalue weighted by atomic mass is 32.2. The zero-order valence-electron chi connectivity index (χ0n) is 12.1. The van der Waals surface area contributed by atoms with E-state index in [4.69, 9.17) is 0 Å². The van der Waals surface area contributed by atoms with Crippen molar-refractivity contribution >= 4 is 10.0 Å². The average Bonchev–Trinajstić information content (AvgIpc) is 3.05. The number of aromatic nitrogens is 1. The van der Waals surface area contributed by atoms with E-state index in [1.54, 1.807) is 12.3 Å². The number of aromatic amines is 1. The first kappa shape index (κ1) is 15.5. The zero-order chi connectivity index (χ0) is 14.6. The van der Waals surface area contributed by atoms with Crippen molar-refractivity contribution in [3.05, 3.63) is 18.0 Å². The van der Waals surface area contributed by atoms with E-state index >= 15 is 0 Å². The molecule has 0 amide bonds. The number of rotatable bonds is 7. The molecule has 6 nitrogen and oxygen atoms in total. The lowest BCUT2D eigenvalue weighted by molar-refractivity contribution is 0.268. The fourth-order valence-electron chi connectivity index (χ4n) is 2.70. The van der Waals surface area contributed by atoms with E-state index in [9.17, 15) is 8.42 Å². The number of hydrogen-bond donors (Lipinski definition) is 3. The second-order valence-corrected chi connectivity index (χ2v) is 6.93. The summed E-state index contributed by atoms with van der Waals surface area (Å²) in [6.07, 6.45) is 3.76. The Morgan fingerprint density at radius 2 is 2.30 bits per heavy atom. The molecule has 1 aliphatic heterocycles. The SMILES string of the molecule is CCN1CCCC1CNS(=O)(=O)c1c[nH]c(CNC)c1. The Hall–Kier alpha value is -0.890. The van der Waals surface area contributed by atoms with Crippen LogP contribution in [0.3, 0.4) is 0 Å². The number of nitrogens with zero attached hydrogens (tertiary/aromatic N) is 1. The first-order valence-electron chi connectivity index (χ1n) is 7.12. The van der Waals surface area contributed by atoms with E-state index in [0.29, 0.717) is 24.0 Å². The summed E-state index contributed by atoms with van der Waals surface area (Å²) in [5.41, 5.74) is 0.865. The van der Waals surface area contributed by atoms with Crippen molar-refractivity contribution in [1.29, 1.82) is 0 Å². The van der Waals surface area contributed by atoms with Crippen LogP contribution in [0.15, 0.2) is 17.2 Å². The highest BCUT2D eigenvalue weighted by Crippen LogP contribution is 2.17. The molecule has 114 valence electrons. The lowest BCUT2D eigenvalue weighted by Gasteiger charge is -2.22. The molecule has 0 saturated carbocycles. The van der Waals surface area contributed by atoms with Gasteiger partial charge in [0, 0.05) is 31.0 Å². The molecule has 0 radical (unpaired) electrons. The van der Waals surface area contributed by atoms with E-state index in [-0.39, 0.29) is 0 Å². The summed E-state index contributed by atoms with van der Waals surface area (Å²) in [5, 5.41) is 2.99. The van der Waals surface area contributed by atoms with Crippen molar-refractivity contribution in [2.45, 2.75) is 37.2 Å². The van der Waals surface area contributed by atoms with Crippen molar-refractivity contribution in [2.24, 2.45) is 0 Å². The van der Waals surface area contributed by atoms with Gasteiger partial charge in [0.1, 0.15) is 0 Å². The molecule has 0 bridgehead atoms. The van der Waals surface area contributed by atoms with Crippen molar-refractivity contribution < 1.29 is 8.42 Å². The van der Waals surface area contributed by atoms with Crippen LogP contribution in [0.4, 0.5) is 0 Å². The molecule has 1 aromatic heterocycles. The van der Waals surface area contributed by atoms with Gasteiger partial charge in [-0.1, -0.05) is 6.92 Å². The van der Waals surface area contributed by atoms with E-state index in [2.05, 4.69) is 26.8 Å². The Bertz CT molecular complexity index is 526. The topological polar surface area (TPSA) is 77.2 Å². The lowest BCUT2D eigenvalue weighted by Crippen LogP contribution is -2.39. The molecule has 1 aromatic rings. The van der Waals surface area contributed by atoms with Crippen LogP contribution in [-0.2, 0) is 16.6 Å². The maximum Gasteiger partial charge on any atom is 0.242 e. The van der Waals surface area contributed by atoms with E-state index in [1.165, 1.54) is 0 Å². The van der Waals surface area contributed by atoms with Crippen molar-refractivity contribution in [3.63, 3.8) is 0 Å². The van der Waals surface area contributed by atoms with Crippen molar-refractivity contribution in [1.82, 2.24) is 19.9 Å². The molecule has 1 atom stereocenters. The molecule has 2 heterocycles. The van der Waals surface area contributed by atoms with Gasteiger partial charge >= 0.3 is 0 Å². The lowest BCUT2D eigenvalue weighted by atomic mass is 10.2. The predicted octanol–water partition coefficient (Wildman–Crippen LogP) is 0.497. The number of nitrogens with one attached hydrogen (secondary N) is 3. The molecule has 3 N–H and O–H groups in total. The molecule has 0 spiro atoms. The van der Waals surface area contributed by atoms with Gasteiger partial charge in [-0.3, -0.25) is 4.90 Å². The normalized spacial score (nSPS) is 20.6. The van der Waals surface area contributed by atoms with Gasteiger partial charge in [-0.15, -0.1) is 0 Å². The van der Waals surface area contributed by atoms with Gasteiger partial charge in [-0.2, -0.15) is 0 Å². The monoisotopic (exact) mass is 300 g/mol. The summed E-state index contributed by atoms with van der Waals surface area (Å²) in [4.78, 5) is 5.60. The summed E-state index contributed by atoms with van der Waals surface area (Å²) < 4.78 is 27.2. The Morgan fingerprint density at radius 1 is 1.50 bits per heavy atom. The summed E-state index contributed by atoms with van der Waals surface area (Å²) in [7, 11) is -1.59. The molecular weight excluding hydrogens is 276 g/mol. The second kappa shape index (κ2) is 6.71. The minimum absolute atomic E-state index is 0.309. The van der Waals surface area contributed by atoms with Gasteiger partial charge in [-0.05, 0) is 39.0 Å². The standard InChI is InChI=1S/C13H24N4O2S/c1-3-17-6-4-5-12(17)9-16-20(18,19)13-7-11(8-14-2)15-10-13/h7,10,12,14-16H,3-6,8-9H2,1-2H3. The molecule has 2 rings (SSSR count). The Labute approximate surface area is 121 Å². The van der Waals surface area contributed by atoms with E-state index in [1.807, 2.05) is 7.05 Å². The Kier molecular flexibility index (Phi) is 5.20. The molecule has 1 saturated heterocycles. The first-order chi connectivity index (χ1) is 9.56. The van der Waals surface area contributed by atoms with Gasteiger partial charge < -0.3 is 10.3 Å². The van der Waals surface area contributed by atoms with E-state index < -0.39 is 10.0 Å².